The number of rotatable bonds is 2. The highest BCUT2D eigenvalue weighted by Crippen LogP contribution is 2.38. The van der Waals surface area contributed by atoms with Gasteiger partial charge in [-0.3, -0.25) is 4.79 Å². The molecule has 1 aliphatic heterocycles. The fourth-order valence-corrected chi connectivity index (χ4v) is 2.42. The molecule has 104 valence electrons. The minimum absolute atomic E-state index is 0.102. The molecule has 0 fully saturated rings. The fourth-order valence-electron chi connectivity index (χ4n) is 2.42. The zero-order valence-electron chi connectivity index (χ0n) is 11.3. The zero-order chi connectivity index (χ0) is 14.3. The Labute approximate surface area is 115 Å². The van der Waals surface area contributed by atoms with Crippen molar-refractivity contribution in [2.24, 2.45) is 0 Å². The normalized spacial score (nSPS) is 20.5. The third-order valence-electron chi connectivity index (χ3n) is 3.33. The van der Waals surface area contributed by atoms with E-state index in [1.807, 2.05) is 19.1 Å². The Balaban J connectivity index is 2.04. The van der Waals surface area contributed by atoms with Gasteiger partial charge in [0.15, 0.2) is 0 Å². The van der Waals surface area contributed by atoms with Gasteiger partial charge in [-0.05, 0) is 19.1 Å². The number of carbonyl (C=O) groups is 1. The molecule has 0 amide bonds. The molecule has 5 nitrogen and oxygen atoms in total. The summed E-state index contributed by atoms with van der Waals surface area (Å²) in [6, 6.07) is 7.22. The Morgan fingerprint density at radius 3 is 2.90 bits per heavy atom. The van der Waals surface area contributed by atoms with E-state index in [9.17, 15) is 9.59 Å². The Morgan fingerprint density at radius 1 is 1.40 bits per heavy atom. The lowest BCUT2D eigenvalue weighted by Crippen LogP contribution is -2.37. The summed E-state index contributed by atoms with van der Waals surface area (Å²) in [5.74, 6) is 0.161. The number of ether oxygens (including phenoxy) is 2. The quantitative estimate of drug-likeness (QED) is 0.619. The van der Waals surface area contributed by atoms with E-state index in [4.69, 9.17) is 13.9 Å². The third-order valence-corrected chi connectivity index (χ3v) is 3.33. The van der Waals surface area contributed by atoms with Crippen molar-refractivity contribution in [2.75, 3.05) is 6.61 Å². The third kappa shape index (κ3) is 2.05. The van der Waals surface area contributed by atoms with Crippen LogP contribution in [0, 0.1) is 0 Å². The summed E-state index contributed by atoms with van der Waals surface area (Å²) >= 11 is 0. The van der Waals surface area contributed by atoms with Crippen molar-refractivity contribution in [3.63, 3.8) is 0 Å². The van der Waals surface area contributed by atoms with E-state index in [0.717, 1.165) is 5.39 Å². The standard InChI is InChI=1S/C15H14O5/c1-9(16)18-8-15(2)7-11-13(20-15)10-5-3-4-6-12(10)19-14(11)17/h3-6H,7-8H2,1-2H3. The van der Waals surface area contributed by atoms with Gasteiger partial charge in [-0.2, -0.15) is 0 Å². The van der Waals surface area contributed by atoms with Crippen molar-refractivity contribution in [3.8, 4) is 5.75 Å². The molecule has 0 N–H and O–H groups in total. The average molecular weight is 274 g/mol. The van der Waals surface area contributed by atoms with Gasteiger partial charge in [0.25, 0.3) is 0 Å². The average Bonchev–Trinajstić information content (AvgIpc) is 2.76. The highest BCUT2D eigenvalue weighted by Gasteiger charge is 2.39. The molecule has 1 atom stereocenters. The summed E-state index contributed by atoms with van der Waals surface area (Å²) in [5, 5.41) is 0.758. The lowest BCUT2D eigenvalue weighted by Gasteiger charge is -2.23. The molecule has 1 aromatic heterocycles. The first-order valence-corrected chi connectivity index (χ1v) is 6.36. The van der Waals surface area contributed by atoms with Crippen molar-refractivity contribution < 1.29 is 18.7 Å². The molecule has 1 aliphatic rings. The second kappa shape index (κ2) is 4.37. The molecule has 0 saturated heterocycles. The lowest BCUT2D eigenvalue weighted by atomic mass is 10.0. The SMILES string of the molecule is CC(=O)OCC1(C)Cc2c(c3ccccc3oc2=O)O1. The Hall–Kier alpha value is -2.30. The van der Waals surface area contributed by atoms with Crippen molar-refractivity contribution in [1.29, 1.82) is 0 Å². The maximum Gasteiger partial charge on any atom is 0.343 e. The summed E-state index contributed by atoms with van der Waals surface area (Å²) < 4.78 is 16.2. The van der Waals surface area contributed by atoms with Crippen LogP contribution in [0.4, 0.5) is 0 Å². The number of para-hydroxylation sites is 1. The first kappa shape index (κ1) is 12.7. The number of hydrogen-bond acceptors (Lipinski definition) is 5. The molecular formula is C15H14O5. The van der Waals surface area contributed by atoms with E-state index in [0.29, 0.717) is 23.3 Å². The summed E-state index contributed by atoms with van der Waals surface area (Å²) in [6.07, 6.45) is 0.364. The summed E-state index contributed by atoms with van der Waals surface area (Å²) in [4.78, 5) is 22.9. The summed E-state index contributed by atoms with van der Waals surface area (Å²) in [6.45, 7) is 3.25. The smallest absolute Gasteiger partial charge is 0.343 e. The van der Waals surface area contributed by atoms with Crippen LogP contribution < -0.4 is 10.4 Å². The lowest BCUT2D eigenvalue weighted by molar-refractivity contribution is -0.145. The highest BCUT2D eigenvalue weighted by molar-refractivity contribution is 5.85. The minimum atomic E-state index is -0.729. The molecular weight excluding hydrogens is 260 g/mol. The second-order valence-electron chi connectivity index (χ2n) is 5.20. The van der Waals surface area contributed by atoms with Crippen LogP contribution in [0.25, 0.3) is 11.0 Å². The van der Waals surface area contributed by atoms with Gasteiger partial charge in [0.1, 0.15) is 23.5 Å². The van der Waals surface area contributed by atoms with Crippen LogP contribution >= 0.6 is 0 Å². The van der Waals surface area contributed by atoms with E-state index in [1.54, 1.807) is 12.1 Å². The molecule has 5 heteroatoms. The second-order valence-corrected chi connectivity index (χ2v) is 5.20. The summed E-state index contributed by atoms with van der Waals surface area (Å²) in [7, 11) is 0. The summed E-state index contributed by atoms with van der Waals surface area (Å²) in [5.41, 5.74) is -0.135. The fraction of sp³-hybridized carbons (Fsp3) is 0.333. The molecule has 20 heavy (non-hydrogen) atoms. The Bertz CT molecular complexity index is 746. The number of fused-ring (bicyclic) bond motifs is 3. The first-order valence-electron chi connectivity index (χ1n) is 6.36. The molecule has 0 aliphatic carbocycles. The van der Waals surface area contributed by atoms with E-state index in [1.165, 1.54) is 6.92 Å². The van der Waals surface area contributed by atoms with Crippen molar-refractivity contribution in [3.05, 3.63) is 40.2 Å². The van der Waals surface area contributed by atoms with E-state index >= 15 is 0 Å². The van der Waals surface area contributed by atoms with Gasteiger partial charge in [0.2, 0.25) is 0 Å². The van der Waals surface area contributed by atoms with Gasteiger partial charge >= 0.3 is 11.6 Å². The number of carbonyl (C=O) groups excluding carboxylic acids is 1. The molecule has 0 saturated carbocycles. The van der Waals surface area contributed by atoms with Crippen LogP contribution in [-0.4, -0.2) is 18.2 Å². The molecule has 2 heterocycles. The number of benzene rings is 1. The van der Waals surface area contributed by atoms with Gasteiger partial charge in [-0.15, -0.1) is 0 Å². The first-order chi connectivity index (χ1) is 9.48. The minimum Gasteiger partial charge on any atom is -0.482 e. The van der Waals surface area contributed by atoms with Gasteiger partial charge in [-0.1, -0.05) is 12.1 Å². The molecule has 0 bridgehead atoms. The van der Waals surface area contributed by atoms with E-state index < -0.39 is 11.2 Å². The predicted octanol–water partition coefficient (Wildman–Crippen LogP) is 2.05. The number of esters is 1. The zero-order valence-corrected chi connectivity index (χ0v) is 11.3. The van der Waals surface area contributed by atoms with E-state index in [2.05, 4.69) is 0 Å². The molecule has 3 rings (SSSR count). The van der Waals surface area contributed by atoms with Crippen LogP contribution in [0.15, 0.2) is 33.5 Å². The molecule has 1 aromatic carbocycles. The van der Waals surface area contributed by atoms with Crippen LogP contribution in [-0.2, 0) is 16.0 Å². The predicted molar refractivity (Wildman–Crippen MR) is 71.9 cm³/mol. The largest absolute Gasteiger partial charge is 0.482 e. The Kier molecular flexibility index (Phi) is 2.78. The van der Waals surface area contributed by atoms with Gasteiger partial charge in [0, 0.05) is 13.3 Å². The van der Waals surface area contributed by atoms with Crippen LogP contribution in [0.3, 0.4) is 0 Å². The van der Waals surface area contributed by atoms with Gasteiger partial charge < -0.3 is 13.9 Å². The Morgan fingerprint density at radius 2 is 2.15 bits per heavy atom. The van der Waals surface area contributed by atoms with Crippen molar-refractivity contribution in [2.45, 2.75) is 25.9 Å². The van der Waals surface area contributed by atoms with Gasteiger partial charge in [-0.25, -0.2) is 4.79 Å². The van der Waals surface area contributed by atoms with Crippen LogP contribution in [0.2, 0.25) is 0 Å². The molecule has 2 aromatic rings. The van der Waals surface area contributed by atoms with Gasteiger partial charge in [0.05, 0.1) is 10.9 Å². The highest BCUT2D eigenvalue weighted by atomic mass is 16.6. The topological polar surface area (TPSA) is 65.7 Å². The maximum atomic E-state index is 12.0. The molecule has 1 unspecified atom stereocenters. The van der Waals surface area contributed by atoms with E-state index in [-0.39, 0.29) is 12.6 Å². The molecule has 0 spiro atoms. The van der Waals surface area contributed by atoms with Crippen LogP contribution in [0.5, 0.6) is 5.75 Å². The molecule has 0 radical (unpaired) electrons. The maximum absolute atomic E-state index is 12.0. The monoisotopic (exact) mass is 274 g/mol. The van der Waals surface area contributed by atoms with Crippen molar-refractivity contribution >= 4 is 16.9 Å². The number of hydrogen-bond donors (Lipinski definition) is 0. The van der Waals surface area contributed by atoms with Crippen LogP contribution in [0.1, 0.15) is 19.4 Å². The van der Waals surface area contributed by atoms with Crippen molar-refractivity contribution in [1.82, 2.24) is 0 Å².